The first kappa shape index (κ1) is 37.5. The third kappa shape index (κ3) is 12.7. The van der Waals surface area contributed by atoms with Crippen molar-refractivity contribution in [2.24, 2.45) is 33.7 Å². The number of phenols is 1. The van der Waals surface area contributed by atoms with Crippen LogP contribution in [0.1, 0.15) is 54.4 Å². The number of rotatable bonds is 19. The van der Waals surface area contributed by atoms with Crippen molar-refractivity contribution in [1.82, 2.24) is 16.0 Å². The summed E-state index contributed by atoms with van der Waals surface area (Å²) in [6.45, 7) is 4.29. The number of hydrogen-bond acceptors (Lipinski definition) is 8. The summed E-state index contributed by atoms with van der Waals surface area (Å²) in [5.74, 6) is -2.51. The van der Waals surface area contributed by atoms with Gasteiger partial charge in [-0.2, -0.15) is 0 Å². The number of hydrogen-bond donors (Lipinski definition) is 9. The molecule has 0 fully saturated rings. The Morgan fingerprint density at radius 3 is 1.91 bits per heavy atom. The summed E-state index contributed by atoms with van der Waals surface area (Å²) in [5, 5.41) is 18.2. The molecule has 14 heteroatoms. The van der Waals surface area contributed by atoms with Crippen LogP contribution in [0.4, 0.5) is 0 Å². The Labute approximate surface area is 269 Å². The van der Waals surface area contributed by atoms with Crippen LogP contribution in [-0.2, 0) is 32.0 Å². The van der Waals surface area contributed by atoms with Gasteiger partial charge in [0.05, 0.1) is 6.04 Å². The van der Waals surface area contributed by atoms with Crippen LogP contribution in [0.15, 0.2) is 47.5 Å². The minimum absolute atomic E-state index is 0.0545. The van der Waals surface area contributed by atoms with E-state index in [2.05, 4.69) is 20.9 Å². The number of nitrogens with one attached hydrogen (secondary N) is 3. The smallest absolute Gasteiger partial charge is 0.243 e. The van der Waals surface area contributed by atoms with Gasteiger partial charge in [0.2, 0.25) is 23.6 Å². The lowest BCUT2D eigenvalue weighted by atomic mass is 9.94. The van der Waals surface area contributed by atoms with Gasteiger partial charge in [-0.05, 0) is 86.9 Å². The molecule has 2 aromatic carbocycles. The number of aryl methyl sites for hydroxylation is 2. The summed E-state index contributed by atoms with van der Waals surface area (Å²) < 4.78 is 0. The zero-order valence-corrected chi connectivity index (χ0v) is 26.6. The molecule has 14 N–H and O–H groups in total. The van der Waals surface area contributed by atoms with Gasteiger partial charge in [-0.25, -0.2) is 0 Å². The van der Waals surface area contributed by atoms with Crippen LogP contribution in [0.25, 0.3) is 0 Å². The van der Waals surface area contributed by atoms with Gasteiger partial charge in [0.15, 0.2) is 5.96 Å². The second-order valence-corrected chi connectivity index (χ2v) is 11.4. The Morgan fingerprint density at radius 1 is 0.783 bits per heavy atom. The molecule has 4 atom stereocenters. The SMILES string of the molecule is Cc1cc(O)cc(C)c1C[C@H](NC(=O)[C@H](N)CCCN=C(N)N)C(=O)N[C@@H](Cc1ccccc1)C(=O)N[C@@H](CCCCN)C(N)=O. The highest BCUT2D eigenvalue weighted by molar-refractivity contribution is 5.95. The topological polar surface area (TPSA) is 267 Å². The predicted octanol–water partition coefficient (Wildman–Crippen LogP) is -0.756. The van der Waals surface area contributed by atoms with Gasteiger partial charge in [0, 0.05) is 19.4 Å². The highest BCUT2D eigenvalue weighted by Gasteiger charge is 2.31. The number of primary amides is 1. The molecule has 14 nitrogen and oxygen atoms in total. The summed E-state index contributed by atoms with van der Waals surface area (Å²) in [6.07, 6.45) is 2.37. The number of carbonyl (C=O) groups excluding carboxylic acids is 4. The molecule has 0 aromatic heterocycles. The Kier molecular flexibility index (Phi) is 15.5. The fourth-order valence-corrected chi connectivity index (χ4v) is 5.02. The first-order valence-corrected chi connectivity index (χ1v) is 15.4. The molecule has 46 heavy (non-hydrogen) atoms. The van der Waals surface area contributed by atoms with E-state index < -0.39 is 47.8 Å². The maximum absolute atomic E-state index is 13.9. The second kappa shape index (κ2) is 19.0. The molecule has 0 aliphatic carbocycles. The number of nitrogens with zero attached hydrogens (tertiary/aromatic N) is 1. The van der Waals surface area contributed by atoms with E-state index in [1.54, 1.807) is 38.1 Å². The number of amides is 4. The first-order chi connectivity index (χ1) is 21.8. The number of nitrogens with two attached hydrogens (primary N) is 5. The number of phenolic OH excluding ortho intramolecular Hbond substituents is 1. The third-order valence-corrected chi connectivity index (χ3v) is 7.55. The standard InChI is InChI=1S/C32H49N9O5/c1-19-15-22(42)16-20(2)23(19)18-27(40-29(44)24(34)11-8-14-38-32(36)37)31(46)41-26(17-21-9-4-3-5-10-21)30(45)39-25(28(35)43)12-6-7-13-33/h3-5,9-10,15-16,24-27,42H,6-8,11-14,17-18,33-34H2,1-2H3,(H2,35,43)(H,39,45)(H,40,44)(H,41,46)(H4,36,37,38)/t24-,25+,26+,27+/m1/s1. The van der Waals surface area contributed by atoms with Crippen molar-refractivity contribution in [3.63, 3.8) is 0 Å². The third-order valence-electron chi connectivity index (χ3n) is 7.55. The summed E-state index contributed by atoms with van der Waals surface area (Å²) in [5.41, 5.74) is 30.9. The number of benzene rings is 2. The summed E-state index contributed by atoms with van der Waals surface area (Å²) in [6, 6.07) is 8.02. The quantitative estimate of drug-likeness (QED) is 0.0530. The monoisotopic (exact) mass is 639 g/mol. The van der Waals surface area contributed by atoms with E-state index in [0.29, 0.717) is 43.4 Å². The zero-order valence-electron chi connectivity index (χ0n) is 26.6. The van der Waals surface area contributed by atoms with Crippen LogP contribution < -0.4 is 44.6 Å². The van der Waals surface area contributed by atoms with Crippen LogP contribution in [0.3, 0.4) is 0 Å². The maximum atomic E-state index is 13.9. The van der Waals surface area contributed by atoms with Gasteiger partial charge >= 0.3 is 0 Å². The molecule has 0 aliphatic rings. The van der Waals surface area contributed by atoms with E-state index >= 15 is 0 Å². The Balaban J connectivity index is 2.35. The highest BCUT2D eigenvalue weighted by atomic mass is 16.3. The second-order valence-electron chi connectivity index (χ2n) is 11.4. The van der Waals surface area contributed by atoms with Crippen molar-refractivity contribution in [2.75, 3.05) is 13.1 Å². The van der Waals surface area contributed by atoms with Crippen molar-refractivity contribution in [2.45, 2.75) is 83.0 Å². The predicted molar refractivity (Wildman–Crippen MR) is 177 cm³/mol. The van der Waals surface area contributed by atoms with E-state index in [1.807, 2.05) is 18.2 Å². The molecule has 0 spiro atoms. The molecule has 2 aromatic rings. The maximum Gasteiger partial charge on any atom is 0.243 e. The number of carbonyl (C=O) groups is 4. The lowest BCUT2D eigenvalue weighted by molar-refractivity contribution is -0.133. The van der Waals surface area contributed by atoms with E-state index in [-0.39, 0.29) is 37.5 Å². The van der Waals surface area contributed by atoms with Gasteiger partial charge in [0.25, 0.3) is 0 Å². The molecule has 0 aliphatic heterocycles. The highest BCUT2D eigenvalue weighted by Crippen LogP contribution is 2.22. The Morgan fingerprint density at radius 2 is 1.35 bits per heavy atom. The van der Waals surface area contributed by atoms with Crippen molar-refractivity contribution < 1.29 is 24.3 Å². The number of aromatic hydroxyl groups is 1. The summed E-state index contributed by atoms with van der Waals surface area (Å²) in [4.78, 5) is 56.7. The van der Waals surface area contributed by atoms with Gasteiger partial charge in [-0.3, -0.25) is 24.2 Å². The van der Waals surface area contributed by atoms with Crippen LogP contribution >= 0.6 is 0 Å². The van der Waals surface area contributed by atoms with E-state index in [1.165, 1.54) is 0 Å². The lowest BCUT2D eigenvalue weighted by Crippen LogP contribution is -2.58. The number of guanidine groups is 1. The minimum Gasteiger partial charge on any atom is -0.508 e. The molecular formula is C32H49N9O5. The van der Waals surface area contributed by atoms with Gasteiger partial charge < -0.3 is 49.7 Å². The van der Waals surface area contributed by atoms with Crippen LogP contribution in [0.2, 0.25) is 0 Å². The molecule has 2 rings (SSSR count). The first-order valence-electron chi connectivity index (χ1n) is 15.4. The number of aliphatic imine (C=N–C) groups is 1. The normalized spacial score (nSPS) is 13.5. The van der Waals surface area contributed by atoms with Crippen LogP contribution in [0, 0.1) is 13.8 Å². The average Bonchev–Trinajstić information content (AvgIpc) is 2.99. The molecule has 0 heterocycles. The molecule has 252 valence electrons. The molecule has 0 saturated heterocycles. The van der Waals surface area contributed by atoms with Crippen molar-refractivity contribution in [3.05, 3.63) is 64.7 Å². The van der Waals surface area contributed by atoms with Gasteiger partial charge in [-0.15, -0.1) is 0 Å². The molecule has 0 unspecified atom stereocenters. The molecule has 0 radical (unpaired) electrons. The molecule has 4 amide bonds. The van der Waals surface area contributed by atoms with Crippen LogP contribution in [0.5, 0.6) is 5.75 Å². The fraction of sp³-hybridized carbons (Fsp3) is 0.469. The molecule has 0 bridgehead atoms. The Bertz CT molecular complexity index is 1330. The van der Waals surface area contributed by atoms with Gasteiger partial charge in [0.1, 0.15) is 23.9 Å². The number of unbranched alkanes of at least 4 members (excludes halogenated alkanes) is 1. The molecular weight excluding hydrogens is 590 g/mol. The fourth-order valence-electron chi connectivity index (χ4n) is 5.02. The summed E-state index contributed by atoms with van der Waals surface area (Å²) >= 11 is 0. The van der Waals surface area contributed by atoms with Crippen LogP contribution in [-0.4, -0.2) is 72.0 Å². The van der Waals surface area contributed by atoms with E-state index in [4.69, 9.17) is 28.7 Å². The van der Waals surface area contributed by atoms with Crippen molar-refractivity contribution in [3.8, 4) is 5.75 Å². The lowest BCUT2D eigenvalue weighted by Gasteiger charge is -2.26. The van der Waals surface area contributed by atoms with E-state index in [9.17, 15) is 24.3 Å². The minimum atomic E-state index is -1.14. The zero-order chi connectivity index (χ0) is 34.2. The Hall–Kier alpha value is -4.69. The van der Waals surface area contributed by atoms with Crippen molar-refractivity contribution >= 4 is 29.6 Å². The van der Waals surface area contributed by atoms with Gasteiger partial charge in [-0.1, -0.05) is 30.3 Å². The summed E-state index contributed by atoms with van der Waals surface area (Å²) in [7, 11) is 0. The largest absolute Gasteiger partial charge is 0.508 e. The average molecular weight is 640 g/mol. The molecule has 0 saturated carbocycles. The van der Waals surface area contributed by atoms with Crippen molar-refractivity contribution in [1.29, 1.82) is 0 Å². The van der Waals surface area contributed by atoms with E-state index in [0.717, 1.165) is 11.1 Å².